The van der Waals surface area contributed by atoms with E-state index in [1.807, 2.05) is 12.1 Å². The van der Waals surface area contributed by atoms with Crippen molar-refractivity contribution in [3.8, 4) is 0 Å². The second kappa shape index (κ2) is 7.71. The van der Waals surface area contributed by atoms with Gasteiger partial charge in [-0.25, -0.2) is 5.01 Å². The lowest BCUT2D eigenvalue weighted by Crippen LogP contribution is -2.58. The van der Waals surface area contributed by atoms with E-state index in [1.165, 1.54) is 5.01 Å². The Morgan fingerprint density at radius 3 is 2.58 bits per heavy atom. The lowest BCUT2D eigenvalue weighted by molar-refractivity contribution is -0.0546. The van der Waals surface area contributed by atoms with Gasteiger partial charge in [-0.3, -0.25) is 4.79 Å². The fraction of sp³-hybridized carbons (Fsp3) is 0.556. The van der Waals surface area contributed by atoms with Crippen molar-refractivity contribution in [2.45, 2.75) is 56.1 Å². The average Bonchev–Trinajstić information content (AvgIpc) is 2.67. The average molecular weight is 363 g/mol. The molecule has 5 N–H and O–H groups in total. The lowest BCUT2D eigenvalue weighted by atomic mass is 9.86. The molecule has 8 nitrogen and oxygen atoms in total. The molecule has 0 unspecified atom stereocenters. The maximum Gasteiger partial charge on any atom is 0.278 e. The minimum Gasteiger partial charge on any atom is -0.394 e. The van der Waals surface area contributed by atoms with Crippen molar-refractivity contribution in [2.24, 2.45) is 5.10 Å². The number of aliphatic hydroxyl groups is 4. The Kier molecular flexibility index (Phi) is 5.57. The van der Waals surface area contributed by atoms with Crippen molar-refractivity contribution in [3.05, 3.63) is 29.8 Å². The fourth-order valence-electron chi connectivity index (χ4n) is 3.59. The monoisotopic (exact) mass is 363 g/mol. The zero-order valence-corrected chi connectivity index (χ0v) is 14.5. The maximum atomic E-state index is 13.0. The third kappa shape index (κ3) is 3.45. The standard InChI is InChI=1S/C18H25N3O5/c22-11-15(24)16(25)14(23)10-19-21-17(26)12-6-2-3-7-13(12)20-18(21)8-4-1-5-9-18/h2-3,6-7,10,14-16,20,22-25H,1,4-5,8-9,11H2/b19-10+/t14-,15+,16+/m1/s1. The Morgan fingerprint density at radius 1 is 1.19 bits per heavy atom. The Balaban J connectivity index is 1.89. The highest BCUT2D eigenvalue weighted by molar-refractivity contribution is 6.02. The Labute approximate surface area is 151 Å². The Hall–Kier alpha value is -2.00. The molecule has 1 aliphatic heterocycles. The van der Waals surface area contributed by atoms with Crippen LogP contribution in [0, 0.1) is 0 Å². The van der Waals surface area contributed by atoms with Gasteiger partial charge in [0.05, 0.1) is 18.4 Å². The van der Waals surface area contributed by atoms with Crippen LogP contribution < -0.4 is 5.32 Å². The zero-order chi connectivity index (χ0) is 18.7. The molecule has 1 aromatic carbocycles. The summed E-state index contributed by atoms with van der Waals surface area (Å²) in [4.78, 5) is 13.0. The first-order valence-electron chi connectivity index (χ1n) is 8.89. The number of hydrazone groups is 1. The molecule has 2 aliphatic rings. The van der Waals surface area contributed by atoms with Crippen molar-refractivity contribution >= 4 is 17.8 Å². The highest BCUT2D eigenvalue weighted by Crippen LogP contribution is 2.40. The first kappa shape index (κ1) is 18.8. The summed E-state index contributed by atoms with van der Waals surface area (Å²) < 4.78 is 0. The topological polar surface area (TPSA) is 126 Å². The molecule has 0 saturated heterocycles. The minimum absolute atomic E-state index is 0.276. The quantitative estimate of drug-likeness (QED) is 0.478. The summed E-state index contributed by atoms with van der Waals surface area (Å²) in [6.45, 7) is -0.687. The number of anilines is 1. The van der Waals surface area contributed by atoms with Gasteiger partial charge in [-0.2, -0.15) is 5.10 Å². The maximum absolute atomic E-state index is 13.0. The molecular formula is C18H25N3O5. The zero-order valence-electron chi connectivity index (χ0n) is 14.5. The van der Waals surface area contributed by atoms with Crippen LogP contribution in [-0.4, -0.2) is 68.1 Å². The predicted molar refractivity (Wildman–Crippen MR) is 95.6 cm³/mol. The smallest absolute Gasteiger partial charge is 0.278 e. The molecule has 3 rings (SSSR count). The molecule has 1 heterocycles. The molecule has 0 radical (unpaired) electrons. The summed E-state index contributed by atoms with van der Waals surface area (Å²) in [6, 6.07) is 7.21. The van der Waals surface area contributed by atoms with E-state index in [4.69, 9.17) is 5.11 Å². The molecule has 1 aliphatic carbocycles. The number of fused-ring (bicyclic) bond motifs is 1. The number of rotatable bonds is 5. The number of nitrogens with one attached hydrogen (secondary N) is 1. The van der Waals surface area contributed by atoms with Gasteiger partial charge in [-0.1, -0.05) is 18.6 Å². The number of benzene rings is 1. The van der Waals surface area contributed by atoms with E-state index in [0.29, 0.717) is 5.56 Å². The van der Waals surface area contributed by atoms with E-state index in [0.717, 1.165) is 44.0 Å². The summed E-state index contributed by atoms with van der Waals surface area (Å²) in [5.74, 6) is -0.276. The first-order chi connectivity index (χ1) is 12.5. The van der Waals surface area contributed by atoms with Crippen LogP contribution in [0.2, 0.25) is 0 Å². The van der Waals surface area contributed by atoms with E-state index in [9.17, 15) is 20.1 Å². The summed E-state index contributed by atoms with van der Waals surface area (Å²) in [5.41, 5.74) is 0.592. The van der Waals surface area contributed by atoms with Gasteiger partial charge in [0.25, 0.3) is 5.91 Å². The number of aliphatic hydroxyl groups excluding tert-OH is 4. The van der Waals surface area contributed by atoms with E-state index in [2.05, 4.69) is 10.4 Å². The highest BCUT2D eigenvalue weighted by Gasteiger charge is 2.45. The van der Waals surface area contributed by atoms with Crippen molar-refractivity contribution in [2.75, 3.05) is 11.9 Å². The Bertz CT molecular complexity index is 675. The summed E-state index contributed by atoms with van der Waals surface area (Å²) in [5, 5.41) is 47.0. The molecular weight excluding hydrogens is 338 g/mol. The van der Waals surface area contributed by atoms with Crippen LogP contribution in [0.1, 0.15) is 42.5 Å². The van der Waals surface area contributed by atoms with Gasteiger partial charge < -0.3 is 25.7 Å². The van der Waals surface area contributed by atoms with Crippen molar-refractivity contribution in [1.29, 1.82) is 0 Å². The molecule has 1 fully saturated rings. The summed E-state index contributed by atoms with van der Waals surface area (Å²) >= 11 is 0. The molecule has 3 atom stereocenters. The molecule has 0 aromatic heterocycles. The fourth-order valence-corrected chi connectivity index (χ4v) is 3.59. The molecule has 1 saturated carbocycles. The second-order valence-electron chi connectivity index (χ2n) is 6.88. The third-order valence-corrected chi connectivity index (χ3v) is 5.07. The number of hydrogen-bond donors (Lipinski definition) is 5. The van der Waals surface area contributed by atoms with Crippen LogP contribution in [0.25, 0.3) is 0 Å². The van der Waals surface area contributed by atoms with Gasteiger partial charge in [0, 0.05) is 5.69 Å². The van der Waals surface area contributed by atoms with Gasteiger partial charge in [0.15, 0.2) is 0 Å². The number of para-hydroxylation sites is 1. The van der Waals surface area contributed by atoms with Crippen LogP contribution in [0.5, 0.6) is 0 Å². The number of carbonyl (C=O) groups is 1. The van der Waals surface area contributed by atoms with Gasteiger partial charge in [-0.15, -0.1) is 0 Å². The van der Waals surface area contributed by atoms with E-state index < -0.39 is 30.6 Å². The largest absolute Gasteiger partial charge is 0.394 e. The van der Waals surface area contributed by atoms with E-state index >= 15 is 0 Å². The first-order valence-corrected chi connectivity index (χ1v) is 8.89. The SMILES string of the molecule is O=C1c2ccccc2NC2(CCCCC2)N1/N=C/[C@@H](O)[C@H](O)[C@@H](O)CO. The predicted octanol–water partition coefficient (Wildman–Crippen LogP) is 0.276. The molecule has 0 bridgehead atoms. The third-order valence-electron chi connectivity index (χ3n) is 5.07. The van der Waals surface area contributed by atoms with Crippen molar-refractivity contribution < 1.29 is 25.2 Å². The number of hydrogen-bond acceptors (Lipinski definition) is 7. The molecule has 142 valence electrons. The summed E-state index contributed by atoms with van der Waals surface area (Å²) in [7, 11) is 0. The number of amides is 1. The lowest BCUT2D eigenvalue weighted by Gasteiger charge is -2.47. The molecule has 8 heteroatoms. The van der Waals surface area contributed by atoms with Gasteiger partial charge >= 0.3 is 0 Å². The van der Waals surface area contributed by atoms with Crippen molar-refractivity contribution in [3.63, 3.8) is 0 Å². The minimum atomic E-state index is -1.59. The van der Waals surface area contributed by atoms with E-state index in [1.54, 1.807) is 12.1 Å². The van der Waals surface area contributed by atoms with Crippen LogP contribution in [0.4, 0.5) is 5.69 Å². The van der Waals surface area contributed by atoms with Crippen LogP contribution in [0.3, 0.4) is 0 Å². The molecule has 1 aromatic rings. The molecule has 1 spiro atoms. The Morgan fingerprint density at radius 2 is 1.88 bits per heavy atom. The summed E-state index contributed by atoms with van der Waals surface area (Å²) in [6.07, 6.45) is 0.870. The van der Waals surface area contributed by atoms with Crippen molar-refractivity contribution in [1.82, 2.24) is 5.01 Å². The van der Waals surface area contributed by atoms with E-state index in [-0.39, 0.29) is 5.91 Å². The van der Waals surface area contributed by atoms with Crippen LogP contribution >= 0.6 is 0 Å². The second-order valence-corrected chi connectivity index (χ2v) is 6.88. The van der Waals surface area contributed by atoms with Crippen LogP contribution in [0.15, 0.2) is 29.4 Å². The number of nitrogens with zero attached hydrogens (tertiary/aromatic N) is 2. The van der Waals surface area contributed by atoms with Crippen LogP contribution in [-0.2, 0) is 0 Å². The molecule has 1 amide bonds. The molecule has 26 heavy (non-hydrogen) atoms. The highest BCUT2D eigenvalue weighted by atomic mass is 16.4. The van der Waals surface area contributed by atoms with Gasteiger partial charge in [-0.05, 0) is 37.8 Å². The van der Waals surface area contributed by atoms with Gasteiger partial charge in [0.1, 0.15) is 24.0 Å². The number of carbonyl (C=O) groups excluding carboxylic acids is 1. The van der Waals surface area contributed by atoms with Gasteiger partial charge in [0.2, 0.25) is 0 Å². The normalized spacial score (nSPS) is 22.8.